The highest BCUT2D eigenvalue weighted by molar-refractivity contribution is 9.11. The summed E-state index contributed by atoms with van der Waals surface area (Å²) in [6, 6.07) is 5.88. The first-order valence-electron chi connectivity index (χ1n) is 6.40. The molecular weight excluding hydrogens is 438 g/mol. The van der Waals surface area contributed by atoms with Crippen molar-refractivity contribution < 1.29 is 17.9 Å². The monoisotopic (exact) mass is 447 g/mol. The number of anilines is 1. The lowest BCUT2D eigenvalue weighted by Gasteiger charge is -2.04. The minimum atomic E-state index is -3.97. The van der Waals surface area contributed by atoms with E-state index in [0.29, 0.717) is 5.75 Å². The molecule has 0 radical (unpaired) electrons. The number of nitrogens with one attached hydrogen (secondary N) is 2. The second-order valence-electron chi connectivity index (χ2n) is 4.50. The number of fused-ring (bicyclic) bond motifs is 1. The Balaban J connectivity index is 1.80. The third kappa shape index (κ3) is 3.69. The number of aromatic nitrogens is 1. The minimum absolute atomic E-state index is 0.0428. The molecule has 24 heavy (non-hydrogen) atoms. The van der Waals surface area contributed by atoms with Crippen LogP contribution in [0.25, 0.3) is 10.1 Å². The van der Waals surface area contributed by atoms with Crippen LogP contribution in [0.3, 0.4) is 0 Å². The smallest absolute Gasteiger partial charge is 0.334 e. The number of rotatable bonds is 4. The van der Waals surface area contributed by atoms with Crippen molar-refractivity contribution in [3.63, 3.8) is 0 Å². The predicted molar refractivity (Wildman–Crippen MR) is 97.5 cm³/mol. The molecule has 3 aromatic rings. The minimum Gasteiger partial charge on any atom is -0.497 e. The van der Waals surface area contributed by atoms with Gasteiger partial charge in [-0.25, -0.2) is 22.9 Å². The van der Waals surface area contributed by atoms with Gasteiger partial charge in [0.25, 0.3) is 10.0 Å². The second-order valence-corrected chi connectivity index (χ2v) is 9.90. The quantitative estimate of drug-likeness (QED) is 0.635. The first kappa shape index (κ1) is 17.1. The number of carbonyl (C=O) groups excluding carboxylic acids is 1. The standard InChI is InChI=1S/C13H10BrN3O4S3/c1-21-8-2-3-9-7(4-8)5-11(22-9)24(19,20)17-12(18)16-13-15-6-10(14)23-13/h2-6H,1H3,(H2,15,16,17,18). The summed E-state index contributed by atoms with van der Waals surface area (Å²) in [6.07, 6.45) is 1.51. The van der Waals surface area contributed by atoms with Crippen LogP contribution < -0.4 is 14.8 Å². The Morgan fingerprint density at radius 2 is 2.08 bits per heavy atom. The van der Waals surface area contributed by atoms with Gasteiger partial charge in [-0.15, -0.1) is 11.3 Å². The summed E-state index contributed by atoms with van der Waals surface area (Å²) in [4.78, 5) is 15.8. The Bertz CT molecular complexity index is 1010. The number of carbonyl (C=O) groups is 1. The van der Waals surface area contributed by atoms with Gasteiger partial charge in [-0.3, -0.25) is 5.32 Å². The fraction of sp³-hybridized carbons (Fsp3) is 0.0769. The molecule has 126 valence electrons. The Kier molecular flexibility index (Phi) is 4.76. The fourth-order valence-electron chi connectivity index (χ4n) is 1.86. The summed E-state index contributed by atoms with van der Waals surface area (Å²) in [5, 5.41) is 3.39. The van der Waals surface area contributed by atoms with Crippen molar-refractivity contribution in [2.24, 2.45) is 0 Å². The van der Waals surface area contributed by atoms with Crippen molar-refractivity contribution in [2.75, 3.05) is 12.4 Å². The van der Waals surface area contributed by atoms with E-state index in [1.807, 2.05) is 4.72 Å². The van der Waals surface area contributed by atoms with E-state index in [1.54, 1.807) is 18.2 Å². The van der Waals surface area contributed by atoms with Gasteiger partial charge in [0, 0.05) is 4.70 Å². The summed E-state index contributed by atoms with van der Waals surface area (Å²) in [5.41, 5.74) is 0. The van der Waals surface area contributed by atoms with Crippen molar-refractivity contribution in [2.45, 2.75) is 4.21 Å². The number of hydrogen-bond acceptors (Lipinski definition) is 7. The zero-order valence-electron chi connectivity index (χ0n) is 12.1. The molecule has 0 aliphatic carbocycles. The third-order valence-electron chi connectivity index (χ3n) is 2.89. The lowest BCUT2D eigenvalue weighted by Crippen LogP contribution is -2.33. The molecule has 0 fully saturated rings. The zero-order chi connectivity index (χ0) is 17.3. The molecule has 0 saturated carbocycles. The van der Waals surface area contributed by atoms with Gasteiger partial charge in [-0.05, 0) is 45.6 Å². The number of thiophene rings is 1. The van der Waals surface area contributed by atoms with E-state index < -0.39 is 16.1 Å². The van der Waals surface area contributed by atoms with Crippen LogP contribution in [0.2, 0.25) is 0 Å². The summed E-state index contributed by atoms with van der Waals surface area (Å²) >= 11 is 5.45. The van der Waals surface area contributed by atoms with Gasteiger partial charge in [0.2, 0.25) is 0 Å². The number of hydrogen-bond donors (Lipinski definition) is 2. The van der Waals surface area contributed by atoms with E-state index in [9.17, 15) is 13.2 Å². The SMILES string of the molecule is COc1ccc2sc(S(=O)(=O)NC(=O)Nc3ncc(Br)s3)cc2c1. The normalized spacial score (nSPS) is 11.4. The number of benzene rings is 1. The van der Waals surface area contributed by atoms with Crippen molar-refractivity contribution >= 4 is 69.9 Å². The molecule has 2 aromatic heterocycles. The molecule has 0 saturated heterocycles. The molecule has 2 N–H and O–H groups in total. The zero-order valence-corrected chi connectivity index (χ0v) is 16.1. The topological polar surface area (TPSA) is 97.4 Å². The second kappa shape index (κ2) is 6.67. The fourth-order valence-corrected chi connectivity index (χ4v) is 5.25. The Morgan fingerprint density at radius 3 is 2.75 bits per heavy atom. The largest absolute Gasteiger partial charge is 0.497 e. The highest BCUT2D eigenvalue weighted by Gasteiger charge is 2.21. The van der Waals surface area contributed by atoms with Crippen LogP contribution in [-0.4, -0.2) is 26.5 Å². The van der Waals surface area contributed by atoms with E-state index in [2.05, 4.69) is 26.2 Å². The Morgan fingerprint density at radius 1 is 1.29 bits per heavy atom. The summed E-state index contributed by atoms with van der Waals surface area (Å²) < 4.78 is 33.3. The van der Waals surface area contributed by atoms with Crippen molar-refractivity contribution in [3.05, 3.63) is 34.2 Å². The van der Waals surface area contributed by atoms with Crippen molar-refractivity contribution in [1.82, 2.24) is 9.71 Å². The first-order valence-corrected chi connectivity index (χ1v) is 10.3. The van der Waals surface area contributed by atoms with Crippen LogP contribution in [0.5, 0.6) is 5.75 Å². The predicted octanol–water partition coefficient (Wildman–Crippen LogP) is 3.64. The number of thiazole rings is 1. The lowest BCUT2D eigenvalue weighted by molar-refractivity contribution is 0.256. The average Bonchev–Trinajstić information content (AvgIpc) is 3.12. The molecule has 2 heterocycles. The van der Waals surface area contributed by atoms with E-state index in [0.717, 1.165) is 25.2 Å². The number of methoxy groups -OCH3 is 1. The van der Waals surface area contributed by atoms with Gasteiger partial charge in [-0.1, -0.05) is 11.3 Å². The number of amides is 2. The van der Waals surface area contributed by atoms with E-state index in [-0.39, 0.29) is 9.34 Å². The molecular formula is C13H10BrN3O4S3. The van der Waals surface area contributed by atoms with Crippen LogP contribution in [0.15, 0.2) is 38.5 Å². The highest BCUT2D eigenvalue weighted by Crippen LogP contribution is 2.31. The molecule has 7 nitrogen and oxygen atoms in total. The van der Waals surface area contributed by atoms with E-state index >= 15 is 0 Å². The number of ether oxygens (including phenoxy) is 1. The molecule has 2 amide bonds. The first-order chi connectivity index (χ1) is 11.4. The average molecular weight is 448 g/mol. The van der Waals surface area contributed by atoms with Gasteiger partial charge in [-0.2, -0.15) is 0 Å². The van der Waals surface area contributed by atoms with Crippen molar-refractivity contribution in [3.8, 4) is 5.75 Å². The molecule has 1 aromatic carbocycles. The number of urea groups is 1. The molecule has 0 aliphatic rings. The highest BCUT2D eigenvalue weighted by atomic mass is 79.9. The number of halogens is 1. The Hall–Kier alpha value is -1.69. The lowest BCUT2D eigenvalue weighted by atomic mass is 10.2. The van der Waals surface area contributed by atoms with Crippen LogP contribution >= 0.6 is 38.6 Å². The molecule has 11 heteroatoms. The number of nitrogens with zero attached hydrogens (tertiary/aromatic N) is 1. The molecule has 0 aliphatic heterocycles. The van der Waals surface area contributed by atoms with Crippen LogP contribution in [-0.2, 0) is 10.0 Å². The number of sulfonamides is 1. The maximum absolute atomic E-state index is 12.3. The van der Waals surface area contributed by atoms with E-state index in [4.69, 9.17) is 4.74 Å². The van der Waals surface area contributed by atoms with E-state index in [1.165, 1.54) is 30.7 Å². The summed E-state index contributed by atoms with van der Waals surface area (Å²) in [7, 11) is -2.44. The summed E-state index contributed by atoms with van der Waals surface area (Å²) in [6.45, 7) is 0. The van der Waals surface area contributed by atoms with Gasteiger partial charge in [0.1, 0.15) is 9.96 Å². The Labute approximate surface area is 153 Å². The van der Waals surface area contributed by atoms with Gasteiger partial charge in [0.15, 0.2) is 5.13 Å². The molecule has 0 atom stereocenters. The van der Waals surface area contributed by atoms with Gasteiger partial charge in [0.05, 0.1) is 17.1 Å². The summed E-state index contributed by atoms with van der Waals surface area (Å²) in [5.74, 6) is 0.629. The molecule has 0 spiro atoms. The maximum atomic E-state index is 12.3. The molecule has 0 bridgehead atoms. The molecule has 0 unspecified atom stereocenters. The van der Waals surface area contributed by atoms with Crippen LogP contribution in [0, 0.1) is 0 Å². The van der Waals surface area contributed by atoms with Gasteiger partial charge >= 0.3 is 6.03 Å². The van der Waals surface area contributed by atoms with Gasteiger partial charge < -0.3 is 4.74 Å². The van der Waals surface area contributed by atoms with Crippen LogP contribution in [0.1, 0.15) is 0 Å². The third-order valence-corrected chi connectivity index (χ3v) is 7.20. The maximum Gasteiger partial charge on any atom is 0.334 e. The molecule has 3 rings (SSSR count). The van der Waals surface area contributed by atoms with Crippen LogP contribution in [0.4, 0.5) is 9.93 Å². The van der Waals surface area contributed by atoms with Crippen molar-refractivity contribution in [1.29, 1.82) is 0 Å².